The van der Waals surface area contributed by atoms with Gasteiger partial charge >= 0.3 is 5.97 Å². The molecule has 8 atom stereocenters. The third-order valence-electron chi connectivity index (χ3n) is 12.9. The number of quaternary nitrogens is 1. The van der Waals surface area contributed by atoms with Crippen LogP contribution in [-0.2, 0) is 29.5 Å². The lowest BCUT2D eigenvalue weighted by Crippen LogP contribution is -2.87. The predicted molar refractivity (Wildman–Crippen MR) is 154 cm³/mol. The Hall–Kier alpha value is -2.41. The molecule has 0 aromatic heterocycles. The van der Waals surface area contributed by atoms with E-state index in [0.717, 1.165) is 37.9 Å². The summed E-state index contributed by atoms with van der Waals surface area (Å²) in [5, 5.41) is 2.20. The zero-order chi connectivity index (χ0) is 29.9. The van der Waals surface area contributed by atoms with Crippen molar-refractivity contribution in [2.45, 2.75) is 97.0 Å². The van der Waals surface area contributed by atoms with Crippen molar-refractivity contribution in [2.75, 3.05) is 13.1 Å². The van der Waals surface area contributed by atoms with Crippen LogP contribution in [0, 0.1) is 52.2 Å². The van der Waals surface area contributed by atoms with Crippen LogP contribution in [0.5, 0.6) is 0 Å². The predicted octanol–water partition coefficient (Wildman–Crippen LogP) is 4.92. The summed E-state index contributed by atoms with van der Waals surface area (Å²) in [5.74, 6) is 0.521. The number of carbonyl (C=O) groups is 4. The fourth-order valence-corrected chi connectivity index (χ4v) is 10.4. The Morgan fingerprint density at radius 1 is 1.05 bits per heavy atom. The number of carbonyl (C=O) groups excluding carboxylic acids is 4. The quantitative estimate of drug-likeness (QED) is 0.482. The van der Waals surface area contributed by atoms with Gasteiger partial charge in [0.1, 0.15) is 28.8 Å². The molecule has 4 saturated carbocycles. The van der Waals surface area contributed by atoms with Crippen molar-refractivity contribution in [3.8, 4) is 0 Å². The number of hydrogen-bond acceptors (Lipinski definition) is 5. The van der Waals surface area contributed by atoms with Gasteiger partial charge in [0.25, 0.3) is 0 Å². The number of halogens is 1. The summed E-state index contributed by atoms with van der Waals surface area (Å²) >= 11 is 0. The minimum atomic E-state index is -0.797. The van der Waals surface area contributed by atoms with Gasteiger partial charge in [-0.1, -0.05) is 32.9 Å². The largest absolute Gasteiger partial charge is 0.454 e. The van der Waals surface area contributed by atoms with Crippen molar-refractivity contribution in [2.24, 2.45) is 46.3 Å². The number of benzene rings is 1. The molecule has 1 heterocycles. The maximum atomic E-state index is 14.1. The van der Waals surface area contributed by atoms with E-state index in [1.54, 1.807) is 6.07 Å². The number of fused-ring (bicyclic) bond motifs is 5. The first-order valence-electron chi connectivity index (χ1n) is 16.4. The lowest BCUT2D eigenvalue weighted by Gasteiger charge is -2.58. The summed E-state index contributed by atoms with van der Waals surface area (Å²) in [5.41, 5.74) is -0.753. The number of ether oxygens (including phenoxy) is 1. The van der Waals surface area contributed by atoms with Crippen LogP contribution in [-0.4, -0.2) is 36.4 Å². The lowest BCUT2D eigenvalue weighted by molar-refractivity contribution is -0.668. The maximum Gasteiger partial charge on any atom is 0.306 e. The minimum Gasteiger partial charge on any atom is -0.454 e. The van der Waals surface area contributed by atoms with Gasteiger partial charge in [0, 0.05) is 56.3 Å². The van der Waals surface area contributed by atoms with Crippen LogP contribution < -0.4 is 5.32 Å². The molecule has 228 valence electrons. The molecule has 2 N–H and O–H groups in total. The summed E-state index contributed by atoms with van der Waals surface area (Å²) in [6, 6.07) is 6.43. The molecule has 0 radical (unpaired) electrons. The van der Waals surface area contributed by atoms with Gasteiger partial charge in [0.2, 0.25) is 0 Å². The first-order valence-corrected chi connectivity index (χ1v) is 16.4. The third-order valence-corrected chi connectivity index (χ3v) is 12.9. The molecule has 5 aliphatic rings. The average Bonchev–Trinajstić information content (AvgIpc) is 3.32. The van der Waals surface area contributed by atoms with Crippen molar-refractivity contribution in [3.05, 3.63) is 35.6 Å². The topological polar surface area (TPSA) is 94.1 Å². The van der Waals surface area contributed by atoms with E-state index >= 15 is 0 Å². The molecule has 6 nitrogen and oxygen atoms in total. The van der Waals surface area contributed by atoms with Gasteiger partial charge in [-0.15, -0.1) is 0 Å². The molecule has 4 aliphatic carbocycles. The molecule has 0 unspecified atom stereocenters. The summed E-state index contributed by atoms with van der Waals surface area (Å²) in [4.78, 5) is 53.3. The molecular formula is C35H47FNO5+. The van der Waals surface area contributed by atoms with E-state index in [2.05, 4.69) is 26.1 Å². The SMILES string of the molecule is C[C@H](CCC(=O)OC1(c2cccc(F)c2)CC[NH2+]CC1)[C@H]1CC[C@H]2[C@@H]3C(=O)C[C@@H]4CC(=O)CC[C@]4(C)[C@H]3CC(=O)[C@]12C. The van der Waals surface area contributed by atoms with Gasteiger partial charge in [-0.05, 0) is 78.4 Å². The number of Topliss-reactive ketones (excluding diaryl/α,β-unsaturated/α-hetero) is 3. The highest BCUT2D eigenvalue weighted by molar-refractivity contribution is 5.93. The Bertz CT molecular complexity index is 1270. The van der Waals surface area contributed by atoms with Crippen LogP contribution in [0.15, 0.2) is 24.3 Å². The second-order valence-electron chi connectivity index (χ2n) is 14.8. The molecule has 7 heteroatoms. The Kier molecular flexibility index (Phi) is 7.73. The van der Waals surface area contributed by atoms with Crippen LogP contribution in [0.4, 0.5) is 4.39 Å². The second kappa shape index (κ2) is 10.9. The molecule has 0 bridgehead atoms. The van der Waals surface area contributed by atoms with Crippen molar-refractivity contribution < 1.29 is 33.6 Å². The van der Waals surface area contributed by atoms with E-state index in [1.807, 2.05) is 6.07 Å². The van der Waals surface area contributed by atoms with E-state index in [4.69, 9.17) is 4.74 Å². The fourth-order valence-electron chi connectivity index (χ4n) is 10.4. The second-order valence-corrected chi connectivity index (χ2v) is 14.8. The number of ketones is 3. The minimum absolute atomic E-state index is 0.0400. The monoisotopic (exact) mass is 580 g/mol. The van der Waals surface area contributed by atoms with Gasteiger partial charge in [-0.2, -0.15) is 0 Å². The van der Waals surface area contributed by atoms with Gasteiger partial charge in [0.05, 0.1) is 13.1 Å². The summed E-state index contributed by atoms with van der Waals surface area (Å²) < 4.78 is 20.3. The number of piperidine rings is 1. The summed E-state index contributed by atoms with van der Waals surface area (Å²) in [7, 11) is 0. The molecule has 42 heavy (non-hydrogen) atoms. The van der Waals surface area contributed by atoms with E-state index in [1.165, 1.54) is 12.1 Å². The van der Waals surface area contributed by atoms with Crippen LogP contribution in [0.25, 0.3) is 0 Å². The van der Waals surface area contributed by atoms with Crippen molar-refractivity contribution >= 4 is 23.3 Å². The van der Waals surface area contributed by atoms with E-state index < -0.39 is 11.0 Å². The van der Waals surface area contributed by atoms with Crippen molar-refractivity contribution in [3.63, 3.8) is 0 Å². The van der Waals surface area contributed by atoms with E-state index in [9.17, 15) is 23.6 Å². The molecule has 1 aliphatic heterocycles. The zero-order valence-electron chi connectivity index (χ0n) is 25.5. The fraction of sp³-hybridized carbons (Fsp3) is 0.714. The first kappa shape index (κ1) is 29.7. The molecule has 1 aromatic rings. The number of hydrogen-bond donors (Lipinski definition) is 1. The first-order chi connectivity index (χ1) is 20.0. The maximum absolute atomic E-state index is 14.1. The molecule has 6 rings (SSSR count). The van der Waals surface area contributed by atoms with Crippen LogP contribution in [0.2, 0.25) is 0 Å². The molecule has 5 fully saturated rings. The summed E-state index contributed by atoms with van der Waals surface area (Å²) in [6.45, 7) is 8.13. The van der Waals surface area contributed by atoms with Gasteiger partial charge in [-0.25, -0.2) is 4.39 Å². The zero-order valence-corrected chi connectivity index (χ0v) is 25.5. The summed E-state index contributed by atoms with van der Waals surface area (Å²) in [6.07, 6.45) is 6.68. The highest BCUT2D eigenvalue weighted by atomic mass is 19.1. The average molecular weight is 581 g/mol. The number of nitrogens with two attached hydrogens (primary N) is 1. The van der Waals surface area contributed by atoms with Gasteiger partial charge in [-0.3, -0.25) is 19.2 Å². The standard InChI is InChI=1S/C35H46FNO5/c1-21(7-10-31(41)42-35(13-15-37-16-14-35)22-5-4-6-24(36)17-22)26-8-9-27-32-28(20-30(40)34(26,27)3)33(2)12-11-25(38)18-23(33)19-29(32)39/h4-6,17,21,23,26-28,32,37H,7-16,18-20H2,1-3H3/p+1/t21-,23+,26-,27+,28+,32+,33+,34-/m1/s1. The molecular weight excluding hydrogens is 533 g/mol. The van der Waals surface area contributed by atoms with Crippen LogP contribution in [0.1, 0.15) is 97.0 Å². The molecule has 0 spiro atoms. The van der Waals surface area contributed by atoms with E-state index in [-0.39, 0.29) is 76.5 Å². The van der Waals surface area contributed by atoms with Crippen LogP contribution >= 0.6 is 0 Å². The molecule has 1 aromatic carbocycles. The highest BCUT2D eigenvalue weighted by Gasteiger charge is 2.66. The molecule has 1 saturated heterocycles. The number of rotatable bonds is 6. The van der Waals surface area contributed by atoms with Gasteiger partial charge < -0.3 is 10.1 Å². The number of esters is 1. The Morgan fingerprint density at radius 3 is 2.55 bits per heavy atom. The Balaban J connectivity index is 1.15. The Morgan fingerprint density at radius 2 is 1.81 bits per heavy atom. The van der Waals surface area contributed by atoms with Gasteiger partial charge in [0.15, 0.2) is 0 Å². The van der Waals surface area contributed by atoms with Crippen molar-refractivity contribution in [1.29, 1.82) is 0 Å². The van der Waals surface area contributed by atoms with Crippen LogP contribution in [0.3, 0.4) is 0 Å². The highest BCUT2D eigenvalue weighted by Crippen LogP contribution is 2.66. The normalized spacial score (nSPS) is 38.3. The van der Waals surface area contributed by atoms with Crippen molar-refractivity contribution in [1.82, 2.24) is 0 Å². The third kappa shape index (κ3) is 4.78. The van der Waals surface area contributed by atoms with E-state index in [0.29, 0.717) is 44.9 Å². The lowest BCUT2D eigenvalue weighted by atomic mass is 9.44. The molecule has 0 amide bonds. The smallest absolute Gasteiger partial charge is 0.306 e. The Labute approximate surface area is 248 Å².